The van der Waals surface area contributed by atoms with Gasteiger partial charge in [-0.05, 0) is 143 Å². The van der Waals surface area contributed by atoms with Gasteiger partial charge in [-0.25, -0.2) is 16.2 Å². The normalized spacial score (nSPS) is 15.1. The van der Waals surface area contributed by atoms with Crippen molar-refractivity contribution in [1.29, 1.82) is 5.26 Å². The van der Waals surface area contributed by atoms with Gasteiger partial charge in [0.2, 0.25) is 5.54 Å². The molecule has 5 rings (SSSR count). The molecule has 4 aromatic rings. The van der Waals surface area contributed by atoms with Gasteiger partial charge in [0.05, 0.1) is 83.0 Å². The molecular weight excluding hydrogens is 1470 g/mol. The molecule has 7 unspecified atom stereocenters. The van der Waals surface area contributed by atoms with Gasteiger partial charge in [-0.15, -0.1) is 0 Å². The first-order chi connectivity index (χ1) is 52.7. The number of nitrogens with zero attached hydrogens (tertiary/aromatic N) is 2. The molecule has 0 aliphatic carbocycles. The molecule has 7 atom stereocenters. The van der Waals surface area contributed by atoms with E-state index in [1.807, 2.05) is 108 Å². The van der Waals surface area contributed by atoms with E-state index in [0.29, 0.717) is 71.5 Å². The Hall–Kier alpha value is -6.73. The molecule has 110 heavy (non-hydrogen) atoms. The Morgan fingerprint density at radius 2 is 1.16 bits per heavy atom. The van der Waals surface area contributed by atoms with Crippen LogP contribution in [0.3, 0.4) is 0 Å². The van der Waals surface area contributed by atoms with Crippen molar-refractivity contribution in [2.45, 2.75) is 252 Å². The van der Waals surface area contributed by atoms with Crippen molar-refractivity contribution in [3.63, 3.8) is 0 Å². The van der Waals surface area contributed by atoms with Gasteiger partial charge in [-0.1, -0.05) is 208 Å². The predicted octanol–water partition coefficient (Wildman–Crippen LogP) is 19.4. The molecule has 1 heterocycles. The number of esters is 7. The molecule has 0 radical (unpaired) electrons. The standard InChI is InChI=1S/C87H121BN2O16S4/c1-13-18-24-29-64(16-4)30-25-21-22-28-49-100-78(93)68-39-37-66(38-40-68)71(56-84(6,7)63-89)57-86(10,82(96)102-47-19-14-2)59-75(110-81(107)70-31-26-23-27-32-70)80(95)101-52-55-108-53-45-76(91)98-50-51-99-77(92)46-54-109-74(58-87(11,62-85(8,9)90-12)83(97)103-48-20-15-3)67-35-33-65(34-36-67)60-104-79(94)69-41-43-72(44-42-69)88-105-61-73(17-5)106-88/h23,26-27,31-44,64,71,73-75H,13-22,24-25,28-30,45-62H2,1-11H3. The van der Waals surface area contributed by atoms with Crippen LogP contribution in [0.2, 0.25) is 0 Å². The van der Waals surface area contributed by atoms with Crippen LogP contribution in [-0.4, -0.2) is 133 Å². The van der Waals surface area contributed by atoms with E-state index in [4.69, 9.17) is 61.3 Å². The summed E-state index contributed by atoms with van der Waals surface area (Å²) < 4.78 is 52.3. The molecule has 0 saturated carbocycles. The van der Waals surface area contributed by atoms with Gasteiger partial charge in [0.1, 0.15) is 31.7 Å². The fraction of sp³-hybridized carbons (Fsp3) is 0.609. The predicted molar refractivity (Wildman–Crippen MR) is 444 cm³/mol. The van der Waals surface area contributed by atoms with Crippen molar-refractivity contribution in [1.82, 2.24) is 0 Å². The lowest BCUT2D eigenvalue weighted by Crippen LogP contribution is -2.38. The van der Waals surface area contributed by atoms with E-state index in [1.165, 1.54) is 68.5 Å². The van der Waals surface area contributed by atoms with Gasteiger partial charge in [0.25, 0.3) is 0 Å². The average Bonchev–Trinajstić information content (AvgIpc) is 1.00. The van der Waals surface area contributed by atoms with Crippen LogP contribution in [0, 0.1) is 40.1 Å². The molecule has 602 valence electrons. The Bertz CT molecular complexity index is 3550. The summed E-state index contributed by atoms with van der Waals surface area (Å²) in [5, 5.41) is 9.08. The number of hydrogen-bond acceptors (Lipinski definition) is 21. The highest BCUT2D eigenvalue weighted by Gasteiger charge is 2.46. The zero-order valence-electron chi connectivity index (χ0n) is 67.2. The lowest BCUT2D eigenvalue weighted by atomic mass is 9.70. The van der Waals surface area contributed by atoms with Gasteiger partial charge in [-0.2, -0.15) is 28.8 Å². The molecule has 18 nitrogen and oxygen atoms in total. The van der Waals surface area contributed by atoms with Crippen LogP contribution in [0.4, 0.5) is 0 Å². The van der Waals surface area contributed by atoms with Gasteiger partial charge in [0, 0.05) is 42.8 Å². The molecule has 1 fully saturated rings. The summed E-state index contributed by atoms with van der Waals surface area (Å²) in [6, 6.07) is 33.5. The SMILES string of the molecule is [C-]#[N+]C(C)(C)CC(C)(CC(SCCC(=O)OCCOC(=O)CCSCCOC(=O)C(CC(C)(CC(CC(C)(C)C#N)c1ccc(C(=O)OCCCCCCC(CC)CCCCC)cc1)C(=O)OCCCC)SC(=S)c1ccccc1)c1ccc(COC(=O)c2ccc(B3OCC(CC)O3)cc2)cc1)C(=O)OCCCC. The van der Waals surface area contributed by atoms with Crippen LogP contribution in [0.5, 0.6) is 0 Å². The second-order valence-electron chi connectivity index (χ2n) is 30.6. The molecule has 23 heteroatoms. The largest absolute Gasteiger partial charge is 0.494 e. The zero-order chi connectivity index (χ0) is 80.4. The van der Waals surface area contributed by atoms with E-state index in [9.17, 15) is 38.8 Å². The molecule has 0 amide bonds. The Morgan fingerprint density at radius 1 is 0.591 bits per heavy atom. The number of thioether (sulfide) groups is 3. The van der Waals surface area contributed by atoms with E-state index in [2.05, 4.69) is 24.8 Å². The highest BCUT2D eigenvalue weighted by Crippen LogP contribution is 2.47. The maximum absolute atomic E-state index is 14.6. The fourth-order valence-corrected chi connectivity index (χ4v) is 17.0. The van der Waals surface area contributed by atoms with Gasteiger partial charge in [0.15, 0.2) is 0 Å². The number of ether oxygens (including phenoxy) is 7. The summed E-state index contributed by atoms with van der Waals surface area (Å²) in [5.74, 6) is -1.97. The molecule has 1 aliphatic rings. The molecule has 0 spiro atoms. The monoisotopic (exact) mass is 1590 g/mol. The third-order valence-corrected chi connectivity index (χ3v) is 23.6. The van der Waals surface area contributed by atoms with Crippen LogP contribution < -0.4 is 5.46 Å². The average molecular weight is 1590 g/mol. The topological polar surface area (TPSA) is 231 Å². The maximum atomic E-state index is 14.6. The number of benzene rings is 4. The number of unbranched alkanes of at least 4 members (excludes halogenated alkanes) is 7. The number of nitriles is 1. The quantitative estimate of drug-likeness (QED) is 0.00998. The van der Waals surface area contributed by atoms with Crippen LogP contribution in [0.1, 0.15) is 272 Å². The third kappa shape index (κ3) is 34.3. The second-order valence-corrected chi connectivity index (χ2v) is 35.0. The van der Waals surface area contributed by atoms with E-state index in [0.717, 1.165) is 83.9 Å². The number of carbonyl (C=O) groups excluding carboxylic acids is 7. The minimum atomic E-state index is -1.29. The van der Waals surface area contributed by atoms with Crippen molar-refractivity contribution in [2.75, 3.05) is 63.5 Å². The highest BCUT2D eigenvalue weighted by molar-refractivity contribution is 8.24. The van der Waals surface area contributed by atoms with Crippen molar-refractivity contribution in [2.24, 2.45) is 22.2 Å². The van der Waals surface area contributed by atoms with Crippen molar-refractivity contribution >= 4 is 106 Å². The Labute approximate surface area is 674 Å². The lowest BCUT2D eigenvalue weighted by molar-refractivity contribution is -0.158. The number of rotatable bonds is 54. The van der Waals surface area contributed by atoms with Crippen molar-refractivity contribution in [3.05, 3.63) is 148 Å². The van der Waals surface area contributed by atoms with Gasteiger partial charge >= 0.3 is 48.9 Å². The highest BCUT2D eigenvalue weighted by atomic mass is 32.2. The van der Waals surface area contributed by atoms with Crippen molar-refractivity contribution in [3.8, 4) is 6.07 Å². The molecular formula is C87H121BN2O16S4. The molecule has 0 bridgehead atoms. The van der Waals surface area contributed by atoms with Gasteiger partial charge in [-0.3, -0.25) is 24.0 Å². The molecule has 1 aliphatic heterocycles. The van der Waals surface area contributed by atoms with E-state index in [-0.39, 0.29) is 89.0 Å². The van der Waals surface area contributed by atoms with Crippen LogP contribution in [0.15, 0.2) is 103 Å². The number of hydrogen-bond donors (Lipinski definition) is 0. The van der Waals surface area contributed by atoms with E-state index in [1.54, 1.807) is 57.2 Å². The van der Waals surface area contributed by atoms with Crippen LogP contribution >= 0.6 is 47.5 Å². The maximum Gasteiger partial charge on any atom is 0.494 e. The first kappa shape index (κ1) is 93.9. The van der Waals surface area contributed by atoms with E-state index >= 15 is 0 Å². The van der Waals surface area contributed by atoms with Crippen LogP contribution in [0.25, 0.3) is 4.85 Å². The number of thiocarbonyl (C=S) groups is 1. The minimum absolute atomic E-state index is 0.00613. The molecule has 4 aromatic carbocycles. The summed E-state index contributed by atoms with van der Waals surface area (Å²) >= 11 is 9.95. The summed E-state index contributed by atoms with van der Waals surface area (Å²) in [7, 11) is -0.477. The van der Waals surface area contributed by atoms with Crippen LogP contribution in [-0.2, 0) is 73.0 Å². The number of carbonyl (C=O) groups is 7. The Morgan fingerprint density at radius 3 is 1.75 bits per heavy atom. The first-order valence-corrected chi connectivity index (χ1v) is 43.2. The summed E-state index contributed by atoms with van der Waals surface area (Å²) in [5.41, 5.74) is 0.691. The third-order valence-electron chi connectivity index (χ3n) is 19.8. The molecule has 1 saturated heterocycles. The van der Waals surface area contributed by atoms with Gasteiger partial charge < -0.3 is 47.3 Å². The summed E-state index contributed by atoms with van der Waals surface area (Å²) in [6.07, 6.45) is 16.6. The minimum Gasteiger partial charge on any atom is -0.465 e. The zero-order valence-corrected chi connectivity index (χ0v) is 70.4. The lowest BCUT2D eigenvalue weighted by Gasteiger charge is -2.35. The fourth-order valence-electron chi connectivity index (χ4n) is 13.2. The Kier molecular flexibility index (Phi) is 43.0. The summed E-state index contributed by atoms with van der Waals surface area (Å²) in [4.78, 5) is 99.6. The van der Waals surface area contributed by atoms with E-state index < -0.39 is 75.9 Å². The second kappa shape index (κ2) is 50.4. The summed E-state index contributed by atoms with van der Waals surface area (Å²) in [6.45, 7) is 30.4. The van der Waals surface area contributed by atoms with Crippen molar-refractivity contribution < 1.29 is 76.0 Å². The molecule has 0 N–H and O–H groups in total. The Balaban J connectivity index is 1.15. The molecule has 0 aromatic heterocycles. The first-order valence-electron chi connectivity index (χ1n) is 39.7. The smallest absolute Gasteiger partial charge is 0.465 e.